The molecule has 1 aromatic heterocycles. The average molecular weight is 211 g/mol. The summed E-state index contributed by atoms with van der Waals surface area (Å²) in [5.74, 6) is 0. The Kier molecular flexibility index (Phi) is 8.64. The zero-order chi connectivity index (χ0) is 7.40. The van der Waals surface area contributed by atoms with E-state index < -0.39 is 0 Å². The maximum Gasteiger partial charge on any atom is 0.0624 e. The summed E-state index contributed by atoms with van der Waals surface area (Å²) in [6.45, 7) is -0.0360. The summed E-state index contributed by atoms with van der Waals surface area (Å²) < 4.78 is 0. The molecule has 0 bridgehead atoms. The van der Waals surface area contributed by atoms with E-state index >= 15 is 0 Å². The van der Waals surface area contributed by atoms with Gasteiger partial charge >= 0.3 is 0 Å². The third kappa shape index (κ3) is 3.88. The topological polar surface area (TPSA) is 59.1 Å². The lowest BCUT2D eigenvalue weighted by molar-refractivity contribution is 0.268. The molecule has 1 aromatic rings. The number of pyridine rings is 1. The van der Waals surface area contributed by atoms with Gasteiger partial charge in [0, 0.05) is 12.4 Å². The molecule has 3 N–H and O–H groups in total. The largest absolute Gasteiger partial charge is 0.394 e. The van der Waals surface area contributed by atoms with Crippen molar-refractivity contribution in [3.63, 3.8) is 0 Å². The molecule has 0 aliphatic carbocycles. The third-order valence-corrected chi connectivity index (χ3v) is 1.31. The van der Waals surface area contributed by atoms with Crippen molar-refractivity contribution in [2.45, 2.75) is 6.04 Å². The smallest absolute Gasteiger partial charge is 0.0624 e. The number of halogens is 2. The van der Waals surface area contributed by atoms with Crippen LogP contribution in [0.5, 0.6) is 0 Å². The van der Waals surface area contributed by atoms with Gasteiger partial charge in [0.25, 0.3) is 0 Å². The van der Waals surface area contributed by atoms with Gasteiger partial charge in [0.1, 0.15) is 0 Å². The monoisotopic (exact) mass is 210 g/mol. The van der Waals surface area contributed by atoms with Crippen LogP contribution in [0.25, 0.3) is 0 Å². The van der Waals surface area contributed by atoms with Gasteiger partial charge in [0.2, 0.25) is 0 Å². The SMILES string of the molecule is Cl.Cl.NC(CO)c1cccnc1. The van der Waals surface area contributed by atoms with E-state index in [2.05, 4.69) is 4.98 Å². The number of rotatable bonds is 2. The summed E-state index contributed by atoms with van der Waals surface area (Å²) in [4.78, 5) is 3.86. The van der Waals surface area contributed by atoms with Crippen LogP contribution in [-0.4, -0.2) is 16.7 Å². The molecule has 70 valence electrons. The highest BCUT2D eigenvalue weighted by Gasteiger charge is 2.01. The van der Waals surface area contributed by atoms with E-state index in [4.69, 9.17) is 10.8 Å². The number of nitrogens with zero attached hydrogens (tertiary/aromatic N) is 1. The van der Waals surface area contributed by atoms with Crippen molar-refractivity contribution >= 4 is 24.8 Å². The van der Waals surface area contributed by atoms with Gasteiger partial charge in [-0.3, -0.25) is 4.98 Å². The zero-order valence-corrected chi connectivity index (χ0v) is 8.02. The molecule has 0 aliphatic rings. The second-order valence-electron chi connectivity index (χ2n) is 2.08. The second-order valence-corrected chi connectivity index (χ2v) is 2.08. The molecule has 3 nitrogen and oxygen atoms in total. The van der Waals surface area contributed by atoms with Gasteiger partial charge in [-0.2, -0.15) is 0 Å². The predicted molar refractivity (Wildman–Crippen MR) is 52.7 cm³/mol. The first-order valence-electron chi connectivity index (χ1n) is 3.11. The Balaban J connectivity index is 0. The standard InChI is InChI=1S/C7H10N2O.2ClH/c8-7(5-10)6-2-1-3-9-4-6;;/h1-4,7,10H,5,8H2;2*1H. The fourth-order valence-electron chi connectivity index (χ4n) is 0.701. The van der Waals surface area contributed by atoms with E-state index in [0.717, 1.165) is 5.56 Å². The third-order valence-electron chi connectivity index (χ3n) is 1.31. The van der Waals surface area contributed by atoms with Crippen LogP contribution in [0, 0.1) is 0 Å². The van der Waals surface area contributed by atoms with Crippen LogP contribution in [0.3, 0.4) is 0 Å². The Labute approximate surface area is 83.8 Å². The molecule has 0 aromatic carbocycles. The average Bonchev–Trinajstić information content (AvgIpc) is 2.05. The summed E-state index contributed by atoms with van der Waals surface area (Å²) in [6.07, 6.45) is 3.33. The maximum absolute atomic E-state index is 8.64. The van der Waals surface area contributed by atoms with Crippen molar-refractivity contribution in [3.8, 4) is 0 Å². The van der Waals surface area contributed by atoms with E-state index in [1.165, 1.54) is 0 Å². The van der Waals surface area contributed by atoms with E-state index in [-0.39, 0.29) is 37.5 Å². The van der Waals surface area contributed by atoms with Crippen LogP contribution in [0.1, 0.15) is 11.6 Å². The quantitative estimate of drug-likeness (QED) is 0.764. The van der Waals surface area contributed by atoms with Crippen LogP contribution in [0.15, 0.2) is 24.5 Å². The molecule has 1 unspecified atom stereocenters. The van der Waals surface area contributed by atoms with E-state index in [1.807, 2.05) is 6.07 Å². The lowest BCUT2D eigenvalue weighted by atomic mass is 10.1. The van der Waals surface area contributed by atoms with Gasteiger partial charge < -0.3 is 10.8 Å². The lowest BCUT2D eigenvalue weighted by Gasteiger charge is -2.05. The lowest BCUT2D eigenvalue weighted by Crippen LogP contribution is -2.14. The normalized spacial score (nSPS) is 10.8. The molecule has 1 rings (SSSR count). The molecule has 0 radical (unpaired) electrons. The van der Waals surface area contributed by atoms with E-state index in [0.29, 0.717) is 0 Å². The Morgan fingerprint density at radius 3 is 2.58 bits per heavy atom. The highest BCUT2D eigenvalue weighted by atomic mass is 35.5. The molecule has 0 amide bonds. The first kappa shape index (κ1) is 14.2. The van der Waals surface area contributed by atoms with Crippen molar-refractivity contribution in [2.75, 3.05) is 6.61 Å². The number of aliphatic hydroxyl groups is 1. The highest BCUT2D eigenvalue weighted by Crippen LogP contribution is 2.05. The van der Waals surface area contributed by atoms with Crippen LogP contribution >= 0.6 is 24.8 Å². The van der Waals surface area contributed by atoms with Crippen molar-refractivity contribution in [3.05, 3.63) is 30.1 Å². The van der Waals surface area contributed by atoms with Crippen LogP contribution in [0.2, 0.25) is 0 Å². The van der Waals surface area contributed by atoms with Gasteiger partial charge in [-0.05, 0) is 11.6 Å². The molecule has 0 aliphatic heterocycles. The van der Waals surface area contributed by atoms with Crippen molar-refractivity contribution in [1.82, 2.24) is 4.98 Å². The minimum atomic E-state index is -0.298. The molecular formula is C7H12Cl2N2O. The summed E-state index contributed by atoms with van der Waals surface area (Å²) >= 11 is 0. The van der Waals surface area contributed by atoms with Crippen LogP contribution < -0.4 is 5.73 Å². The number of hydrogen-bond donors (Lipinski definition) is 2. The number of nitrogens with two attached hydrogens (primary N) is 1. The van der Waals surface area contributed by atoms with Crippen LogP contribution in [-0.2, 0) is 0 Å². The predicted octanol–water partition coefficient (Wildman–Crippen LogP) is 0.917. The van der Waals surface area contributed by atoms with E-state index in [9.17, 15) is 0 Å². The summed E-state index contributed by atoms with van der Waals surface area (Å²) in [5.41, 5.74) is 6.37. The Hall–Kier alpha value is -0.350. The minimum absolute atomic E-state index is 0. The molecular weight excluding hydrogens is 199 g/mol. The molecule has 0 saturated carbocycles. The molecule has 0 fully saturated rings. The van der Waals surface area contributed by atoms with Crippen LogP contribution in [0.4, 0.5) is 0 Å². The fourth-order valence-corrected chi connectivity index (χ4v) is 0.701. The molecule has 1 atom stereocenters. The molecule has 0 saturated heterocycles. The maximum atomic E-state index is 8.64. The first-order valence-corrected chi connectivity index (χ1v) is 3.11. The van der Waals surface area contributed by atoms with Gasteiger partial charge in [-0.25, -0.2) is 0 Å². The summed E-state index contributed by atoms with van der Waals surface area (Å²) in [6, 6.07) is 3.34. The molecule has 1 heterocycles. The molecule has 12 heavy (non-hydrogen) atoms. The number of aliphatic hydroxyl groups excluding tert-OH is 1. The van der Waals surface area contributed by atoms with Gasteiger partial charge in [-0.15, -0.1) is 24.8 Å². The first-order chi connectivity index (χ1) is 4.84. The second kappa shape index (κ2) is 7.31. The molecule has 0 spiro atoms. The van der Waals surface area contributed by atoms with Gasteiger partial charge in [0.15, 0.2) is 0 Å². The van der Waals surface area contributed by atoms with Gasteiger partial charge in [0.05, 0.1) is 12.6 Å². The van der Waals surface area contributed by atoms with Crippen molar-refractivity contribution in [2.24, 2.45) is 5.73 Å². The highest BCUT2D eigenvalue weighted by molar-refractivity contribution is 5.85. The Morgan fingerprint density at radius 1 is 1.50 bits per heavy atom. The van der Waals surface area contributed by atoms with Crippen molar-refractivity contribution in [1.29, 1.82) is 0 Å². The minimum Gasteiger partial charge on any atom is -0.394 e. The fraction of sp³-hybridized carbons (Fsp3) is 0.286. The zero-order valence-electron chi connectivity index (χ0n) is 6.38. The molecule has 5 heteroatoms. The summed E-state index contributed by atoms with van der Waals surface area (Å²) in [5, 5.41) is 8.64. The van der Waals surface area contributed by atoms with Gasteiger partial charge in [-0.1, -0.05) is 6.07 Å². The van der Waals surface area contributed by atoms with E-state index in [1.54, 1.807) is 18.5 Å². The Morgan fingerprint density at radius 2 is 2.17 bits per heavy atom. The van der Waals surface area contributed by atoms with Crippen molar-refractivity contribution < 1.29 is 5.11 Å². The number of hydrogen-bond acceptors (Lipinski definition) is 3. The summed E-state index contributed by atoms with van der Waals surface area (Å²) in [7, 11) is 0. The number of aromatic nitrogens is 1. The Bertz CT molecular complexity index is 196.